The molecule has 0 saturated heterocycles. The van der Waals surface area contributed by atoms with E-state index in [4.69, 9.17) is 0 Å². The van der Waals surface area contributed by atoms with E-state index in [9.17, 15) is 10.5 Å². The Labute approximate surface area is 300 Å². The lowest BCUT2D eigenvalue weighted by Crippen LogP contribution is -2.08. The Balaban J connectivity index is 1.12. The Bertz CT molecular complexity index is 2350. The molecule has 6 heterocycles. The van der Waals surface area contributed by atoms with Crippen molar-refractivity contribution >= 4 is 121 Å². The van der Waals surface area contributed by atoms with Gasteiger partial charge in [0.25, 0.3) is 0 Å². The highest BCUT2D eigenvalue weighted by atomic mass is 32.1. The van der Waals surface area contributed by atoms with Gasteiger partial charge in [-0.2, -0.15) is 10.5 Å². The molecule has 1 aliphatic carbocycles. The van der Waals surface area contributed by atoms with Crippen LogP contribution in [0.15, 0.2) is 100 Å². The minimum atomic E-state index is 0.565. The highest BCUT2D eigenvalue weighted by molar-refractivity contribution is 7.79. The molecule has 0 fully saturated rings. The minimum Gasteiger partial charge on any atom is -0.244 e. The molecule has 47 heavy (non-hydrogen) atoms. The predicted molar refractivity (Wildman–Crippen MR) is 208 cm³/mol. The molecule has 0 spiro atoms. The number of hydrogen-bond acceptors (Lipinski definition) is 12. The Morgan fingerprint density at radius 3 is 1.57 bits per heavy atom. The van der Waals surface area contributed by atoms with Gasteiger partial charge in [0.2, 0.25) is 0 Å². The molecule has 0 atom stereocenters. The first kappa shape index (κ1) is 31.4. The van der Waals surface area contributed by atoms with E-state index in [2.05, 4.69) is 94.4 Å². The molecule has 1 aliphatic rings. The summed E-state index contributed by atoms with van der Waals surface area (Å²) in [5, 5.41) is 24.4. The van der Waals surface area contributed by atoms with Crippen LogP contribution in [0.3, 0.4) is 0 Å². The van der Waals surface area contributed by atoms with Crippen molar-refractivity contribution in [3.8, 4) is 31.6 Å². The highest BCUT2D eigenvalue weighted by Crippen LogP contribution is 2.43. The second kappa shape index (κ2) is 13.9. The van der Waals surface area contributed by atoms with Crippen LogP contribution in [0.1, 0.15) is 29.5 Å². The van der Waals surface area contributed by atoms with Gasteiger partial charge in [-0.05, 0) is 73.5 Å². The minimum absolute atomic E-state index is 0.565. The van der Waals surface area contributed by atoms with Crippen molar-refractivity contribution in [3.63, 3.8) is 0 Å². The van der Waals surface area contributed by atoms with E-state index in [0.717, 1.165) is 71.5 Å². The Morgan fingerprint density at radius 1 is 0.660 bits per heavy atom. The zero-order valence-electron chi connectivity index (χ0n) is 24.1. The third kappa shape index (κ3) is 6.50. The SMILES string of the molecule is C=C1C(c2ccc(-c3ccc(/C=C(\C#N)c4nccs4)s3)s2)=CC=C(c2ccc(-c3ccc(/C=C(\C#N)c4nccs4)s3)s2)/C1=N/S. The molecule has 5 nitrogen and oxygen atoms in total. The van der Waals surface area contributed by atoms with Crippen molar-refractivity contribution in [2.45, 2.75) is 0 Å². The van der Waals surface area contributed by atoms with Gasteiger partial charge >= 0.3 is 0 Å². The standard InChI is InChI=1S/C35H19N5S7/c1-20-25(27-8-10-31(46-27)29-6-2-23(44-29)16-21(18-36)34-38-12-14-42-34)4-5-26(33(20)40-41)28-9-11-32(47-28)30-7-3-24(45-30)17-22(19-37)35-39-13-15-43-35/h2-17,41H,1H2/b21-16+,22-17+,40-33+. The van der Waals surface area contributed by atoms with Gasteiger partial charge in [0.15, 0.2) is 0 Å². The highest BCUT2D eigenvalue weighted by Gasteiger charge is 2.23. The molecule has 0 unspecified atom stereocenters. The number of thiophene rings is 4. The normalized spacial score (nSPS) is 14.6. The average molecular weight is 734 g/mol. The number of thiol groups is 1. The molecule has 6 aromatic rings. The first-order valence-electron chi connectivity index (χ1n) is 13.8. The molecule has 0 N–H and O–H groups in total. The van der Waals surface area contributed by atoms with Gasteiger partial charge in [-0.1, -0.05) is 18.7 Å². The summed E-state index contributed by atoms with van der Waals surface area (Å²) >= 11 is 14.0. The van der Waals surface area contributed by atoms with Gasteiger partial charge in [0.1, 0.15) is 22.2 Å². The fourth-order valence-corrected chi connectivity index (χ4v) is 10.4. The van der Waals surface area contributed by atoms with Gasteiger partial charge in [0, 0.05) is 78.9 Å². The summed E-state index contributed by atoms with van der Waals surface area (Å²) in [6.07, 6.45) is 11.4. The van der Waals surface area contributed by atoms with Gasteiger partial charge in [-0.25, -0.2) is 14.4 Å². The van der Waals surface area contributed by atoms with E-state index in [1.54, 1.807) is 57.7 Å². The molecule has 0 amide bonds. The van der Waals surface area contributed by atoms with E-state index in [1.807, 2.05) is 35.0 Å². The fourth-order valence-electron chi connectivity index (χ4n) is 4.82. The Hall–Kier alpha value is -4.24. The van der Waals surface area contributed by atoms with Crippen molar-refractivity contribution in [2.75, 3.05) is 0 Å². The number of aromatic nitrogens is 2. The van der Waals surface area contributed by atoms with E-state index in [1.165, 1.54) is 22.7 Å². The smallest absolute Gasteiger partial charge is 0.133 e. The summed E-state index contributed by atoms with van der Waals surface area (Å²) in [7, 11) is 0. The number of thiazole rings is 2. The van der Waals surface area contributed by atoms with Crippen LogP contribution >= 0.6 is 80.8 Å². The van der Waals surface area contributed by atoms with Crippen LogP contribution < -0.4 is 0 Å². The second-order valence-corrected chi connectivity index (χ2v) is 16.2. The maximum Gasteiger partial charge on any atom is 0.133 e. The van der Waals surface area contributed by atoms with Crippen LogP contribution in [0.2, 0.25) is 0 Å². The molecular formula is C35H19N5S7. The van der Waals surface area contributed by atoms with Crippen molar-refractivity contribution < 1.29 is 0 Å². The van der Waals surface area contributed by atoms with E-state index in [-0.39, 0.29) is 0 Å². The monoisotopic (exact) mass is 733 g/mol. The molecule has 0 aromatic carbocycles. The molecule has 7 rings (SSSR count). The summed E-state index contributed by atoms with van der Waals surface area (Å²) in [4.78, 5) is 17.3. The fraction of sp³-hybridized carbons (Fsp3) is 0. The van der Waals surface area contributed by atoms with Crippen molar-refractivity contribution in [3.05, 3.63) is 126 Å². The second-order valence-electron chi connectivity index (χ2n) is 9.83. The zero-order chi connectivity index (χ0) is 32.3. The van der Waals surface area contributed by atoms with Crippen molar-refractivity contribution in [1.29, 1.82) is 10.5 Å². The number of rotatable bonds is 8. The molecule has 226 valence electrons. The van der Waals surface area contributed by atoms with Crippen LogP contribution in [0.4, 0.5) is 0 Å². The molecule has 0 aliphatic heterocycles. The predicted octanol–water partition coefficient (Wildman–Crippen LogP) is 11.6. The largest absolute Gasteiger partial charge is 0.244 e. The van der Waals surface area contributed by atoms with Gasteiger partial charge in [-0.3, -0.25) is 0 Å². The maximum absolute atomic E-state index is 9.62. The zero-order valence-corrected chi connectivity index (χ0v) is 29.9. The maximum atomic E-state index is 9.62. The lowest BCUT2D eigenvalue weighted by Gasteiger charge is -2.18. The van der Waals surface area contributed by atoms with Crippen molar-refractivity contribution in [2.24, 2.45) is 4.40 Å². The summed E-state index contributed by atoms with van der Waals surface area (Å²) in [5.41, 5.74) is 4.71. The summed E-state index contributed by atoms with van der Waals surface area (Å²) in [6, 6.07) is 21.3. The van der Waals surface area contributed by atoms with E-state index >= 15 is 0 Å². The number of hydrogen-bond donors (Lipinski definition) is 1. The Morgan fingerprint density at radius 2 is 1.11 bits per heavy atom. The number of nitriles is 2. The van der Waals surface area contributed by atoms with Crippen LogP contribution in [0.5, 0.6) is 0 Å². The summed E-state index contributed by atoms with van der Waals surface area (Å²) in [6.45, 7) is 4.42. The topological polar surface area (TPSA) is 85.7 Å². The third-order valence-corrected chi connectivity index (χ3v) is 13.5. The number of nitrogens with zero attached hydrogens (tertiary/aromatic N) is 5. The molecule has 0 saturated carbocycles. The molecule has 0 bridgehead atoms. The third-order valence-electron chi connectivity index (χ3n) is 7.00. The first-order valence-corrected chi connectivity index (χ1v) is 19.3. The molecule has 6 aromatic heterocycles. The molecular weight excluding hydrogens is 715 g/mol. The molecule has 0 radical (unpaired) electrons. The van der Waals surface area contributed by atoms with Crippen LogP contribution in [-0.4, -0.2) is 15.7 Å². The summed E-state index contributed by atoms with van der Waals surface area (Å²) in [5.74, 6) is 0. The van der Waals surface area contributed by atoms with Gasteiger partial charge < -0.3 is 0 Å². The van der Waals surface area contributed by atoms with Gasteiger partial charge in [0.05, 0.1) is 16.9 Å². The van der Waals surface area contributed by atoms with E-state index in [0.29, 0.717) is 11.1 Å². The average Bonchev–Trinajstić information content (AvgIpc) is 3.94. The van der Waals surface area contributed by atoms with Crippen LogP contribution in [0.25, 0.3) is 54.0 Å². The van der Waals surface area contributed by atoms with Crippen LogP contribution in [0, 0.1) is 22.7 Å². The van der Waals surface area contributed by atoms with Crippen LogP contribution in [-0.2, 0) is 0 Å². The lowest BCUT2D eigenvalue weighted by atomic mass is 9.90. The van der Waals surface area contributed by atoms with Gasteiger partial charge in [-0.15, -0.1) is 68.0 Å². The number of allylic oxidation sites excluding steroid dienone is 7. The summed E-state index contributed by atoms with van der Waals surface area (Å²) < 4.78 is 4.38. The van der Waals surface area contributed by atoms with Crippen molar-refractivity contribution in [1.82, 2.24) is 9.97 Å². The quantitative estimate of drug-likeness (QED) is 0.125. The lowest BCUT2D eigenvalue weighted by molar-refractivity contribution is 1.38. The molecule has 12 heteroatoms. The first-order chi connectivity index (χ1) is 23.0. The Kier molecular flexibility index (Phi) is 9.25. The van der Waals surface area contributed by atoms with E-state index < -0.39 is 0 Å².